The molecule has 0 fully saturated rings. The monoisotopic (exact) mass is 900 g/mol. The molecule has 48 heavy (non-hydrogen) atoms. The van der Waals surface area contributed by atoms with Crippen LogP contribution in [0.25, 0.3) is 12.2 Å². The molecule has 1 aromatic carbocycles. The van der Waals surface area contributed by atoms with Crippen molar-refractivity contribution >= 4 is 100 Å². The van der Waals surface area contributed by atoms with E-state index in [1.165, 1.54) is 93.7 Å². The van der Waals surface area contributed by atoms with Crippen LogP contribution in [0.2, 0.25) is 26.6 Å². The standard InChI is InChI=1S/C19H15BS2.6C4H9.2Sn/c1-12-10-13(2)19(14(3)11-12)20-15-6-8-21-17(15)4-5-18-16(20)7-9-22-18;6*1-3-4-2;;/h4-7,10-11H,1-3H3;6*1,3-4H2,2H3;;. The molecule has 1 aliphatic heterocycles. The summed E-state index contributed by atoms with van der Waals surface area (Å²) >= 11 is -0.635. The quantitative estimate of drug-likeness (QED) is 0.0731. The van der Waals surface area contributed by atoms with E-state index >= 15 is 0 Å². The van der Waals surface area contributed by atoms with Gasteiger partial charge in [0.05, 0.1) is 0 Å². The molecule has 0 nitrogen and oxygen atoms in total. The van der Waals surface area contributed by atoms with Crippen LogP contribution in [0.1, 0.15) is 145 Å². The molecule has 2 aromatic heterocycles. The van der Waals surface area contributed by atoms with Crippen molar-refractivity contribution < 1.29 is 0 Å². The Kier molecular flexibility index (Phi) is 16.8. The molecule has 1 aliphatic rings. The van der Waals surface area contributed by atoms with Crippen LogP contribution in [-0.2, 0) is 0 Å². The summed E-state index contributed by atoms with van der Waals surface area (Å²) in [5.41, 5.74) is 9.31. The van der Waals surface area contributed by atoms with Crippen LogP contribution in [-0.4, -0.2) is 43.5 Å². The fourth-order valence-electron chi connectivity index (χ4n) is 8.93. The summed E-state index contributed by atoms with van der Waals surface area (Å²) in [6.45, 7) is 22.0. The Labute approximate surface area is 314 Å². The predicted molar refractivity (Wildman–Crippen MR) is 232 cm³/mol. The molecule has 264 valence electrons. The Balaban J connectivity index is 1.97. The number of thiophene rings is 2. The van der Waals surface area contributed by atoms with Crippen molar-refractivity contribution in [3.63, 3.8) is 0 Å². The Hall–Kier alpha value is 0.0223. The number of unbranched alkanes of at least 4 members (excludes halogenated alkanes) is 6. The van der Waals surface area contributed by atoms with Gasteiger partial charge in [0.1, 0.15) is 0 Å². The van der Waals surface area contributed by atoms with Crippen molar-refractivity contribution in [1.82, 2.24) is 0 Å². The predicted octanol–water partition coefficient (Wildman–Crippen LogP) is 11.8. The first-order chi connectivity index (χ1) is 23.2. The van der Waals surface area contributed by atoms with Crippen molar-refractivity contribution in [2.24, 2.45) is 0 Å². The van der Waals surface area contributed by atoms with Gasteiger partial charge in [0.2, 0.25) is 0 Å². The normalized spacial score (nSPS) is 13.2. The first kappa shape index (κ1) is 40.8. The van der Waals surface area contributed by atoms with Crippen LogP contribution in [0.15, 0.2) is 24.3 Å². The molecule has 3 heterocycles. The number of rotatable bonds is 21. The van der Waals surface area contributed by atoms with Gasteiger partial charge in [-0.1, -0.05) is 0 Å². The molecule has 0 amide bonds. The third-order valence-corrected chi connectivity index (χ3v) is 50.4. The molecule has 0 atom stereocenters. The molecular weight excluding hydrogens is 829 g/mol. The second-order valence-electron chi connectivity index (χ2n) is 15.6. The fourth-order valence-corrected chi connectivity index (χ4v) is 49.5. The summed E-state index contributed by atoms with van der Waals surface area (Å²) in [7, 11) is 0. The van der Waals surface area contributed by atoms with Gasteiger partial charge in [-0.2, -0.15) is 0 Å². The minimum atomic E-state index is -2.58. The molecular formula is C43H69BS2Sn2. The second-order valence-corrected chi connectivity index (χ2v) is 46.1. The molecule has 0 aliphatic carbocycles. The van der Waals surface area contributed by atoms with Crippen LogP contribution in [0, 0.1) is 20.8 Å². The molecule has 0 saturated heterocycles. The van der Waals surface area contributed by atoms with E-state index in [9.17, 15) is 0 Å². The number of aryl methyl sites for hydroxylation is 3. The van der Waals surface area contributed by atoms with Gasteiger partial charge in [-0.05, 0) is 0 Å². The number of hydrogen-bond acceptors (Lipinski definition) is 2. The zero-order valence-corrected chi connectivity index (χ0v) is 39.9. The van der Waals surface area contributed by atoms with Crippen LogP contribution < -0.4 is 22.2 Å². The average molecular weight is 898 g/mol. The maximum atomic E-state index is 2.86. The summed E-state index contributed by atoms with van der Waals surface area (Å²) in [5.74, 6) is 0. The molecule has 4 rings (SSSR count). The SMILES string of the molecule is CCC[CH2][Sn]([CH2]CCC)([CH2]CCC)[c]1cc2c(s1)C=Cc1s[c]([Sn]([CH2]CCC)([CH2]CCC)[CH2]CCC)cc1B2c1c(C)cc(C)cc1C. The number of fused-ring (bicyclic) bond motifs is 2. The molecule has 0 spiro atoms. The van der Waals surface area contributed by atoms with Crippen LogP contribution in [0.3, 0.4) is 0 Å². The van der Waals surface area contributed by atoms with E-state index in [4.69, 9.17) is 0 Å². The summed E-state index contributed by atoms with van der Waals surface area (Å²) in [6.07, 6.45) is 21.8. The third-order valence-electron chi connectivity index (χ3n) is 11.7. The van der Waals surface area contributed by atoms with Gasteiger partial charge in [-0.3, -0.25) is 0 Å². The summed E-state index contributed by atoms with van der Waals surface area (Å²) < 4.78 is 13.1. The van der Waals surface area contributed by atoms with Crippen LogP contribution in [0.4, 0.5) is 0 Å². The van der Waals surface area contributed by atoms with Gasteiger partial charge in [0, 0.05) is 0 Å². The maximum absolute atomic E-state index is 2.86. The molecule has 0 unspecified atom stereocenters. The van der Waals surface area contributed by atoms with E-state index in [0.29, 0.717) is 6.71 Å². The Morgan fingerprint density at radius 1 is 0.479 bits per heavy atom. The van der Waals surface area contributed by atoms with Crippen LogP contribution >= 0.6 is 22.7 Å². The van der Waals surface area contributed by atoms with Gasteiger partial charge in [0.15, 0.2) is 0 Å². The Morgan fingerprint density at radius 3 is 1.08 bits per heavy atom. The van der Waals surface area contributed by atoms with E-state index < -0.39 is 36.8 Å². The van der Waals surface area contributed by atoms with Gasteiger partial charge in [-0.25, -0.2) is 0 Å². The zero-order chi connectivity index (χ0) is 34.7. The molecule has 0 saturated carbocycles. The third kappa shape index (κ3) is 9.51. The van der Waals surface area contributed by atoms with Crippen molar-refractivity contribution in [3.8, 4) is 0 Å². The first-order valence-electron chi connectivity index (χ1n) is 20.3. The van der Waals surface area contributed by atoms with Crippen LogP contribution in [0.5, 0.6) is 0 Å². The van der Waals surface area contributed by atoms with E-state index in [1.54, 1.807) is 52.8 Å². The van der Waals surface area contributed by atoms with Gasteiger partial charge >= 0.3 is 317 Å². The summed E-state index contributed by atoms with van der Waals surface area (Å²) in [6, 6.07) is 10.7. The van der Waals surface area contributed by atoms with Gasteiger partial charge in [0.25, 0.3) is 0 Å². The van der Waals surface area contributed by atoms with E-state index in [1.807, 2.05) is 5.79 Å². The average Bonchev–Trinajstić information content (AvgIpc) is 3.67. The Morgan fingerprint density at radius 2 is 0.792 bits per heavy atom. The first-order valence-corrected chi connectivity index (χ1v) is 36.9. The van der Waals surface area contributed by atoms with Crippen molar-refractivity contribution in [3.05, 3.63) is 50.7 Å². The molecule has 0 radical (unpaired) electrons. The number of benzene rings is 1. The zero-order valence-electron chi connectivity index (χ0n) is 32.6. The topological polar surface area (TPSA) is 0 Å². The molecule has 3 aromatic rings. The van der Waals surface area contributed by atoms with E-state index in [2.05, 4.69) is 121 Å². The molecule has 5 heteroatoms. The fraction of sp³-hybridized carbons (Fsp3) is 0.628. The minimum absolute atomic E-state index is 0.362. The summed E-state index contributed by atoms with van der Waals surface area (Å²) in [4.78, 5) is 3.17. The van der Waals surface area contributed by atoms with Crippen molar-refractivity contribution in [2.75, 3.05) is 0 Å². The van der Waals surface area contributed by atoms with E-state index in [-0.39, 0.29) is 0 Å². The van der Waals surface area contributed by atoms with Crippen molar-refractivity contribution in [2.45, 2.75) is 166 Å². The molecule has 0 bridgehead atoms. The molecule has 0 N–H and O–H groups in total. The second kappa shape index (κ2) is 19.7. The van der Waals surface area contributed by atoms with Gasteiger partial charge in [-0.15, -0.1) is 0 Å². The number of hydrogen-bond donors (Lipinski definition) is 0. The Bertz CT molecular complexity index is 1320. The summed E-state index contributed by atoms with van der Waals surface area (Å²) in [5, 5.41) is 0. The van der Waals surface area contributed by atoms with E-state index in [0.717, 1.165) is 0 Å². The van der Waals surface area contributed by atoms with Crippen molar-refractivity contribution in [1.29, 1.82) is 0 Å². The van der Waals surface area contributed by atoms with Gasteiger partial charge < -0.3 is 0 Å².